The molecule has 0 saturated heterocycles. The van der Waals surface area contributed by atoms with Gasteiger partial charge in [0.2, 0.25) is 0 Å². The second-order valence-corrected chi connectivity index (χ2v) is 6.34. The molecule has 0 fully saturated rings. The summed E-state index contributed by atoms with van der Waals surface area (Å²) >= 11 is 3.31. The van der Waals surface area contributed by atoms with Gasteiger partial charge in [0.05, 0.1) is 16.5 Å². The minimum atomic E-state index is -1.08. The molecule has 0 atom stereocenters. The number of hydrogen-bond donors (Lipinski definition) is 2. The van der Waals surface area contributed by atoms with E-state index in [4.69, 9.17) is 0 Å². The molecule has 1 aromatic rings. The predicted octanol–water partition coefficient (Wildman–Crippen LogP) is 3.07. The second kappa shape index (κ2) is 5.33. The SMILES string of the molecule is CC(C)(NC(=O)c1ccccc1Br)C(C)(C)C(=O)O. The Morgan fingerprint density at radius 1 is 1.16 bits per heavy atom. The maximum absolute atomic E-state index is 12.2. The van der Waals surface area contributed by atoms with Gasteiger partial charge in [0.1, 0.15) is 0 Å². The van der Waals surface area contributed by atoms with Crippen molar-refractivity contribution in [3.8, 4) is 0 Å². The van der Waals surface area contributed by atoms with Crippen LogP contribution in [-0.4, -0.2) is 22.5 Å². The van der Waals surface area contributed by atoms with Gasteiger partial charge in [0, 0.05) is 4.47 Å². The maximum atomic E-state index is 12.2. The van der Waals surface area contributed by atoms with E-state index in [0.29, 0.717) is 10.0 Å². The number of carboxylic acid groups (broad SMARTS) is 1. The number of aliphatic carboxylic acids is 1. The molecular weight excluding hydrogens is 310 g/mol. The zero-order chi connectivity index (χ0) is 14.8. The summed E-state index contributed by atoms with van der Waals surface area (Å²) in [5, 5.41) is 12.0. The largest absolute Gasteiger partial charge is 0.481 e. The van der Waals surface area contributed by atoms with Crippen LogP contribution in [0.4, 0.5) is 0 Å². The average Bonchev–Trinajstić information content (AvgIpc) is 2.28. The van der Waals surface area contributed by atoms with Crippen LogP contribution >= 0.6 is 15.9 Å². The number of hydrogen-bond acceptors (Lipinski definition) is 2. The Morgan fingerprint density at radius 2 is 1.68 bits per heavy atom. The molecule has 2 N–H and O–H groups in total. The highest BCUT2D eigenvalue weighted by Crippen LogP contribution is 2.31. The highest BCUT2D eigenvalue weighted by atomic mass is 79.9. The molecule has 0 aliphatic carbocycles. The van der Waals surface area contributed by atoms with Crippen LogP contribution in [-0.2, 0) is 4.79 Å². The molecule has 5 heteroatoms. The van der Waals surface area contributed by atoms with Gasteiger partial charge in [0.15, 0.2) is 0 Å². The number of carbonyl (C=O) groups is 2. The molecule has 0 heterocycles. The molecule has 0 spiro atoms. The lowest BCUT2D eigenvalue weighted by molar-refractivity contribution is -0.150. The second-order valence-electron chi connectivity index (χ2n) is 5.49. The molecule has 19 heavy (non-hydrogen) atoms. The molecule has 1 rings (SSSR count). The summed E-state index contributed by atoms with van der Waals surface area (Å²) in [5.41, 5.74) is -1.48. The molecule has 1 aromatic carbocycles. The Morgan fingerprint density at radius 3 is 2.16 bits per heavy atom. The number of nitrogens with one attached hydrogen (secondary N) is 1. The lowest BCUT2D eigenvalue weighted by Crippen LogP contribution is -2.57. The molecule has 0 unspecified atom stereocenters. The Kier molecular flexibility index (Phi) is 4.40. The van der Waals surface area contributed by atoms with Gasteiger partial charge in [-0.1, -0.05) is 12.1 Å². The van der Waals surface area contributed by atoms with Crippen LogP contribution in [0, 0.1) is 5.41 Å². The van der Waals surface area contributed by atoms with E-state index in [-0.39, 0.29) is 5.91 Å². The average molecular weight is 328 g/mol. The van der Waals surface area contributed by atoms with Gasteiger partial charge in [-0.25, -0.2) is 0 Å². The van der Waals surface area contributed by atoms with E-state index in [9.17, 15) is 14.7 Å². The van der Waals surface area contributed by atoms with Crippen molar-refractivity contribution in [1.82, 2.24) is 5.32 Å². The van der Waals surface area contributed by atoms with Gasteiger partial charge >= 0.3 is 5.97 Å². The first kappa shape index (κ1) is 15.7. The summed E-state index contributed by atoms with van der Waals surface area (Å²) in [6, 6.07) is 7.02. The van der Waals surface area contributed by atoms with Crippen molar-refractivity contribution in [1.29, 1.82) is 0 Å². The monoisotopic (exact) mass is 327 g/mol. The molecule has 0 aliphatic rings. The third-order valence-corrected chi connectivity index (χ3v) is 4.33. The number of carbonyl (C=O) groups excluding carboxylic acids is 1. The zero-order valence-corrected chi connectivity index (χ0v) is 13.0. The third kappa shape index (κ3) is 3.15. The van der Waals surface area contributed by atoms with Gasteiger partial charge in [-0.3, -0.25) is 9.59 Å². The van der Waals surface area contributed by atoms with Gasteiger partial charge < -0.3 is 10.4 Å². The van der Waals surface area contributed by atoms with E-state index in [0.717, 1.165) is 0 Å². The van der Waals surface area contributed by atoms with Crippen molar-refractivity contribution in [2.24, 2.45) is 5.41 Å². The number of halogens is 1. The first-order chi connectivity index (χ1) is 8.59. The van der Waals surface area contributed by atoms with Crippen LogP contribution in [0.15, 0.2) is 28.7 Å². The summed E-state index contributed by atoms with van der Waals surface area (Å²) in [4.78, 5) is 23.5. The van der Waals surface area contributed by atoms with Crippen molar-refractivity contribution < 1.29 is 14.7 Å². The molecule has 0 aliphatic heterocycles. The van der Waals surface area contributed by atoms with Crippen LogP contribution in [0.1, 0.15) is 38.1 Å². The van der Waals surface area contributed by atoms with Crippen molar-refractivity contribution in [3.05, 3.63) is 34.3 Å². The quantitative estimate of drug-likeness (QED) is 0.893. The summed E-state index contributed by atoms with van der Waals surface area (Å²) < 4.78 is 0.677. The van der Waals surface area contributed by atoms with Crippen LogP contribution in [0.25, 0.3) is 0 Å². The Labute approximate surface area is 121 Å². The summed E-state index contributed by atoms with van der Waals surface area (Å²) in [7, 11) is 0. The molecular formula is C14H18BrNO3. The first-order valence-electron chi connectivity index (χ1n) is 5.90. The van der Waals surface area contributed by atoms with Crippen molar-refractivity contribution in [2.45, 2.75) is 33.2 Å². The van der Waals surface area contributed by atoms with Gasteiger partial charge in [-0.05, 0) is 55.8 Å². The zero-order valence-electron chi connectivity index (χ0n) is 11.5. The fourth-order valence-electron chi connectivity index (χ4n) is 1.42. The van der Waals surface area contributed by atoms with E-state index in [2.05, 4.69) is 21.2 Å². The Balaban J connectivity index is 3.00. The van der Waals surface area contributed by atoms with Gasteiger partial charge in [0.25, 0.3) is 5.91 Å². The van der Waals surface area contributed by atoms with Gasteiger partial charge in [-0.2, -0.15) is 0 Å². The fraction of sp³-hybridized carbons (Fsp3) is 0.429. The van der Waals surface area contributed by atoms with Gasteiger partial charge in [-0.15, -0.1) is 0 Å². The van der Waals surface area contributed by atoms with E-state index in [1.54, 1.807) is 45.9 Å². The summed E-state index contributed by atoms with van der Waals surface area (Å²) in [6.45, 7) is 6.59. The van der Waals surface area contributed by atoms with Crippen molar-refractivity contribution in [2.75, 3.05) is 0 Å². The van der Waals surface area contributed by atoms with E-state index >= 15 is 0 Å². The lowest BCUT2D eigenvalue weighted by atomic mass is 9.74. The summed E-state index contributed by atoms with van der Waals surface area (Å²) in [5.74, 6) is -1.25. The fourth-order valence-corrected chi connectivity index (χ4v) is 1.88. The van der Waals surface area contributed by atoms with Crippen LogP contribution in [0.5, 0.6) is 0 Å². The highest BCUT2D eigenvalue weighted by molar-refractivity contribution is 9.10. The third-order valence-electron chi connectivity index (χ3n) is 3.64. The van der Waals surface area contributed by atoms with Crippen LogP contribution in [0.3, 0.4) is 0 Å². The number of amides is 1. The topological polar surface area (TPSA) is 66.4 Å². The number of rotatable bonds is 4. The molecule has 1 amide bonds. The standard InChI is InChI=1S/C14H18BrNO3/c1-13(2,12(18)19)14(3,4)16-11(17)9-7-5-6-8-10(9)15/h5-8H,1-4H3,(H,16,17)(H,18,19). The minimum Gasteiger partial charge on any atom is -0.481 e. The predicted molar refractivity (Wildman–Crippen MR) is 77.1 cm³/mol. The van der Waals surface area contributed by atoms with E-state index in [1.807, 2.05) is 6.07 Å². The number of benzene rings is 1. The smallest absolute Gasteiger partial charge is 0.311 e. The molecule has 4 nitrogen and oxygen atoms in total. The van der Waals surface area contributed by atoms with Crippen molar-refractivity contribution >= 4 is 27.8 Å². The van der Waals surface area contributed by atoms with E-state index < -0.39 is 16.9 Å². The summed E-state index contributed by atoms with van der Waals surface area (Å²) in [6.07, 6.45) is 0. The van der Waals surface area contributed by atoms with Crippen LogP contribution in [0.2, 0.25) is 0 Å². The molecule has 0 aromatic heterocycles. The van der Waals surface area contributed by atoms with Crippen molar-refractivity contribution in [3.63, 3.8) is 0 Å². The van der Waals surface area contributed by atoms with Crippen LogP contribution < -0.4 is 5.32 Å². The maximum Gasteiger partial charge on any atom is 0.311 e. The normalized spacial score (nSPS) is 12.1. The first-order valence-corrected chi connectivity index (χ1v) is 6.69. The number of carboxylic acids is 1. The minimum absolute atomic E-state index is 0.299. The van der Waals surface area contributed by atoms with E-state index in [1.165, 1.54) is 0 Å². The molecule has 0 saturated carbocycles. The molecule has 0 radical (unpaired) electrons. The lowest BCUT2D eigenvalue weighted by Gasteiger charge is -2.38. The Hall–Kier alpha value is -1.36. The molecule has 0 bridgehead atoms. The Bertz CT molecular complexity index is 509. The molecule has 104 valence electrons. The highest BCUT2D eigenvalue weighted by Gasteiger charge is 2.44.